The Labute approximate surface area is 68.2 Å². The summed E-state index contributed by atoms with van der Waals surface area (Å²) in [4.78, 5) is 10.8. The number of quaternary nitrogens is 1. The molecule has 0 bridgehead atoms. The Balaban J connectivity index is 4.67. The Kier molecular flexibility index (Phi) is 2.67. The van der Waals surface area contributed by atoms with E-state index in [9.17, 15) is 4.79 Å². The highest BCUT2D eigenvalue weighted by molar-refractivity contribution is 5.76. The smallest absolute Gasteiger partial charge is 0.365 e. The van der Waals surface area contributed by atoms with Crippen molar-refractivity contribution in [1.29, 1.82) is 0 Å². The molecular weight excluding hydrogens is 142 g/mol. The summed E-state index contributed by atoms with van der Waals surface area (Å²) in [5.74, 6) is -0.746. The lowest BCUT2D eigenvalue weighted by atomic mass is 10.0. The Hall–Kier alpha value is -0.570. The van der Waals surface area contributed by atoms with Gasteiger partial charge in [0.2, 0.25) is 0 Å². The normalized spacial score (nSPS) is 13.2. The molecule has 3 nitrogen and oxygen atoms in total. The molecule has 0 aromatic heterocycles. The van der Waals surface area contributed by atoms with Crippen molar-refractivity contribution in [1.82, 2.24) is 0 Å². The van der Waals surface area contributed by atoms with Gasteiger partial charge >= 0.3 is 5.97 Å². The van der Waals surface area contributed by atoms with Crippen LogP contribution in [0.1, 0.15) is 20.8 Å². The summed E-state index contributed by atoms with van der Waals surface area (Å²) in [7, 11) is 3.85. The first-order valence-corrected chi connectivity index (χ1v) is 3.82. The Bertz CT molecular complexity index is 161. The number of carboxylic acid groups (broad SMARTS) is 1. The summed E-state index contributed by atoms with van der Waals surface area (Å²) in [6, 6.07) is 0. The lowest BCUT2D eigenvalue weighted by molar-refractivity contribution is -0.926. The van der Waals surface area contributed by atoms with Crippen LogP contribution < -0.4 is 0 Å². The second-order valence-corrected chi connectivity index (χ2v) is 3.87. The molecule has 0 spiro atoms. The van der Waals surface area contributed by atoms with E-state index in [0.29, 0.717) is 4.48 Å². The third kappa shape index (κ3) is 1.71. The number of carbonyl (C=O) groups is 1. The highest BCUT2D eigenvalue weighted by Gasteiger charge is 2.42. The van der Waals surface area contributed by atoms with Crippen LogP contribution in [0, 0.1) is 0 Å². The zero-order valence-corrected chi connectivity index (χ0v) is 8.01. The second kappa shape index (κ2) is 2.81. The first kappa shape index (κ1) is 10.4. The predicted octanol–water partition coefficient (Wildman–Crippen LogP) is 0.946. The van der Waals surface area contributed by atoms with Crippen molar-refractivity contribution >= 4 is 5.97 Å². The second-order valence-electron chi connectivity index (χ2n) is 3.87. The molecule has 0 aromatic rings. The molecule has 66 valence electrons. The third-order valence-corrected chi connectivity index (χ3v) is 2.83. The summed E-state index contributed by atoms with van der Waals surface area (Å²) >= 11 is 0. The Morgan fingerprint density at radius 3 is 1.91 bits per heavy atom. The van der Waals surface area contributed by atoms with Gasteiger partial charge in [0.05, 0.1) is 20.6 Å². The summed E-state index contributed by atoms with van der Waals surface area (Å²) in [6.07, 6.45) is 0. The molecule has 0 saturated carbocycles. The van der Waals surface area contributed by atoms with E-state index in [4.69, 9.17) is 5.11 Å². The number of hydrogen-bond donors (Lipinski definition) is 1. The molecule has 0 aromatic carbocycles. The van der Waals surface area contributed by atoms with E-state index in [2.05, 4.69) is 0 Å². The van der Waals surface area contributed by atoms with Crippen molar-refractivity contribution in [2.45, 2.75) is 26.3 Å². The largest absolute Gasteiger partial charge is 0.477 e. The molecule has 0 rings (SSSR count). The number of aliphatic carboxylic acids is 1. The fourth-order valence-corrected chi connectivity index (χ4v) is 0.654. The molecule has 1 N–H and O–H groups in total. The molecule has 0 aliphatic heterocycles. The van der Waals surface area contributed by atoms with Gasteiger partial charge in [0, 0.05) is 13.8 Å². The van der Waals surface area contributed by atoms with E-state index in [0.717, 1.165) is 6.54 Å². The van der Waals surface area contributed by atoms with E-state index in [-0.39, 0.29) is 0 Å². The zero-order valence-electron chi connectivity index (χ0n) is 8.01. The van der Waals surface area contributed by atoms with Gasteiger partial charge in [-0.1, -0.05) is 0 Å². The van der Waals surface area contributed by atoms with Crippen molar-refractivity contribution in [3.8, 4) is 0 Å². The first-order valence-electron chi connectivity index (χ1n) is 3.82. The predicted molar refractivity (Wildman–Crippen MR) is 44.4 cm³/mol. The monoisotopic (exact) mass is 160 g/mol. The summed E-state index contributed by atoms with van der Waals surface area (Å²) in [5.41, 5.74) is -0.700. The maximum atomic E-state index is 10.8. The molecule has 0 fully saturated rings. The van der Waals surface area contributed by atoms with Crippen molar-refractivity contribution < 1.29 is 14.4 Å². The van der Waals surface area contributed by atoms with Gasteiger partial charge in [0.25, 0.3) is 0 Å². The van der Waals surface area contributed by atoms with Crippen molar-refractivity contribution in [2.24, 2.45) is 0 Å². The molecule has 0 amide bonds. The highest BCUT2D eigenvalue weighted by atomic mass is 16.4. The molecule has 0 saturated heterocycles. The first-order chi connectivity index (χ1) is 4.75. The van der Waals surface area contributed by atoms with Gasteiger partial charge in [-0.15, -0.1) is 0 Å². The van der Waals surface area contributed by atoms with Gasteiger partial charge in [-0.05, 0) is 6.92 Å². The maximum absolute atomic E-state index is 10.8. The van der Waals surface area contributed by atoms with Crippen LogP contribution in [0.2, 0.25) is 0 Å². The van der Waals surface area contributed by atoms with Crippen LogP contribution in [0.25, 0.3) is 0 Å². The van der Waals surface area contributed by atoms with Crippen LogP contribution in [-0.2, 0) is 4.79 Å². The van der Waals surface area contributed by atoms with E-state index in [1.54, 1.807) is 13.8 Å². The van der Waals surface area contributed by atoms with Crippen LogP contribution in [0.15, 0.2) is 0 Å². The summed E-state index contributed by atoms with van der Waals surface area (Å²) in [6.45, 7) is 6.31. The van der Waals surface area contributed by atoms with Gasteiger partial charge in [-0.2, -0.15) is 0 Å². The number of hydrogen-bond acceptors (Lipinski definition) is 1. The zero-order chi connectivity index (χ0) is 9.28. The average molecular weight is 160 g/mol. The molecule has 3 heteroatoms. The van der Waals surface area contributed by atoms with Gasteiger partial charge in [-0.25, -0.2) is 4.79 Å². The lowest BCUT2D eigenvalue weighted by Gasteiger charge is -2.40. The van der Waals surface area contributed by atoms with Crippen molar-refractivity contribution in [3.05, 3.63) is 0 Å². The van der Waals surface area contributed by atoms with Gasteiger partial charge < -0.3 is 9.59 Å². The van der Waals surface area contributed by atoms with Crippen LogP contribution in [0.5, 0.6) is 0 Å². The van der Waals surface area contributed by atoms with Crippen LogP contribution in [0.3, 0.4) is 0 Å². The molecular formula is C8H18NO2+. The highest BCUT2D eigenvalue weighted by Crippen LogP contribution is 2.19. The molecule has 0 aliphatic rings. The minimum atomic E-state index is -0.746. The molecule has 0 atom stereocenters. The molecule has 0 radical (unpaired) electrons. The quantitative estimate of drug-likeness (QED) is 0.624. The number of carboxylic acids is 1. The topological polar surface area (TPSA) is 37.3 Å². The van der Waals surface area contributed by atoms with Crippen molar-refractivity contribution in [3.63, 3.8) is 0 Å². The van der Waals surface area contributed by atoms with Gasteiger partial charge in [0.15, 0.2) is 5.54 Å². The number of nitrogens with zero attached hydrogens (tertiary/aromatic N) is 1. The molecule has 11 heavy (non-hydrogen) atoms. The molecule has 0 heterocycles. The van der Waals surface area contributed by atoms with Crippen LogP contribution in [-0.4, -0.2) is 41.7 Å². The number of rotatable bonds is 3. The van der Waals surface area contributed by atoms with Crippen LogP contribution >= 0.6 is 0 Å². The van der Waals surface area contributed by atoms with Gasteiger partial charge in [-0.3, -0.25) is 0 Å². The maximum Gasteiger partial charge on any atom is 0.365 e. The Morgan fingerprint density at radius 2 is 1.82 bits per heavy atom. The van der Waals surface area contributed by atoms with Gasteiger partial charge in [0.1, 0.15) is 0 Å². The lowest BCUT2D eigenvalue weighted by Crippen LogP contribution is -2.60. The molecule has 0 aliphatic carbocycles. The fourth-order valence-electron chi connectivity index (χ4n) is 0.654. The van der Waals surface area contributed by atoms with Crippen LogP contribution in [0.4, 0.5) is 0 Å². The summed E-state index contributed by atoms with van der Waals surface area (Å²) < 4.78 is 0.502. The van der Waals surface area contributed by atoms with Crippen molar-refractivity contribution in [2.75, 3.05) is 20.6 Å². The minimum Gasteiger partial charge on any atom is -0.477 e. The van der Waals surface area contributed by atoms with E-state index >= 15 is 0 Å². The fraction of sp³-hybridized carbons (Fsp3) is 0.875. The van der Waals surface area contributed by atoms with E-state index < -0.39 is 11.5 Å². The standard InChI is InChI=1S/C8H17NO2/c1-6-9(4,5)8(2,3)7(10)11/h6H2,1-5H3/p+1. The van der Waals surface area contributed by atoms with E-state index in [1.165, 1.54) is 0 Å². The SMILES string of the molecule is CC[N+](C)(C)C(C)(C)C(=O)O. The Morgan fingerprint density at radius 1 is 1.45 bits per heavy atom. The third-order valence-electron chi connectivity index (χ3n) is 2.83. The van der Waals surface area contributed by atoms with E-state index in [1.807, 2.05) is 21.0 Å². The summed E-state index contributed by atoms with van der Waals surface area (Å²) in [5, 5.41) is 8.89. The average Bonchev–Trinajstić information content (AvgIpc) is 1.87. The number of likely N-dealkylation sites (N-methyl/N-ethyl adjacent to an activating group) is 1. The minimum absolute atomic E-state index is 0.502. The molecule has 0 unspecified atom stereocenters.